The van der Waals surface area contributed by atoms with Gasteiger partial charge in [-0.3, -0.25) is 9.59 Å². The number of rotatable bonds is 5. The lowest BCUT2D eigenvalue weighted by Gasteiger charge is -2.31. The summed E-state index contributed by atoms with van der Waals surface area (Å²) in [7, 11) is 1.63. The maximum atomic E-state index is 11.8. The molecular weight excluding hydrogens is 220 g/mol. The van der Waals surface area contributed by atoms with Gasteiger partial charge in [0.2, 0.25) is 11.8 Å². The van der Waals surface area contributed by atoms with Gasteiger partial charge < -0.3 is 15.3 Å². The lowest BCUT2D eigenvalue weighted by Crippen LogP contribution is -2.44. The Morgan fingerprint density at radius 1 is 1.41 bits per heavy atom. The van der Waals surface area contributed by atoms with Crippen LogP contribution in [0.25, 0.3) is 0 Å². The third-order valence-electron chi connectivity index (χ3n) is 3.19. The van der Waals surface area contributed by atoms with Crippen molar-refractivity contribution < 1.29 is 14.7 Å². The fraction of sp³-hybridized carbons (Fsp3) is 0.833. The van der Waals surface area contributed by atoms with E-state index in [1.54, 1.807) is 11.9 Å². The number of hydrogen-bond acceptors (Lipinski definition) is 3. The molecule has 2 amide bonds. The number of amides is 2. The first-order valence-electron chi connectivity index (χ1n) is 6.29. The summed E-state index contributed by atoms with van der Waals surface area (Å²) in [6.45, 7) is 1.43. The van der Waals surface area contributed by atoms with E-state index in [0.717, 1.165) is 25.8 Å². The van der Waals surface area contributed by atoms with Gasteiger partial charge in [0.05, 0.1) is 5.92 Å². The minimum absolute atomic E-state index is 0.0258. The smallest absolute Gasteiger partial charge is 0.224 e. The van der Waals surface area contributed by atoms with E-state index < -0.39 is 0 Å². The zero-order valence-electron chi connectivity index (χ0n) is 10.4. The number of nitrogens with zero attached hydrogens (tertiary/aromatic N) is 1. The molecule has 98 valence electrons. The molecule has 2 N–H and O–H groups in total. The fourth-order valence-electron chi connectivity index (χ4n) is 2.17. The van der Waals surface area contributed by atoms with Gasteiger partial charge in [-0.1, -0.05) is 0 Å². The first kappa shape index (κ1) is 14.0. The molecular formula is C12H22N2O3. The van der Waals surface area contributed by atoms with Gasteiger partial charge in [-0.2, -0.15) is 0 Å². The first-order valence-corrected chi connectivity index (χ1v) is 6.29. The van der Waals surface area contributed by atoms with Gasteiger partial charge in [-0.05, 0) is 25.7 Å². The van der Waals surface area contributed by atoms with Crippen LogP contribution in [0.5, 0.6) is 0 Å². The highest BCUT2D eigenvalue weighted by Crippen LogP contribution is 2.17. The van der Waals surface area contributed by atoms with Crippen molar-refractivity contribution in [3.63, 3.8) is 0 Å². The highest BCUT2D eigenvalue weighted by atomic mass is 16.3. The van der Waals surface area contributed by atoms with Gasteiger partial charge >= 0.3 is 0 Å². The van der Waals surface area contributed by atoms with E-state index in [9.17, 15) is 9.59 Å². The maximum Gasteiger partial charge on any atom is 0.224 e. The minimum atomic E-state index is -0.0597. The highest BCUT2D eigenvalue weighted by molar-refractivity contribution is 5.81. The van der Waals surface area contributed by atoms with Crippen molar-refractivity contribution in [2.24, 2.45) is 5.92 Å². The van der Waals surface area contributed by atoms with Crippen LogP contribution in [0.1, 0.15) is 32.1 Å². The molecule has 0 aromatic rings. The Morgan fingerprint density at radius 2 is 2.18 bits per heavy atom. The molecule has 1 aliphatic heterocycles. The van der Waals surface area contributed by atoms with Gasteiger partial charge in [0.15, 0.2) is 0 Å². The van der Waals surface area contributed by atoms with Crippen LogP contribution in [0.15, 0.2) is 0 Å². The number of piperidine rings is 1. The molecule has 1 aliphatic rings. The highest BCUT2D eigenvalue weighted by Gasteiger charge is 2.27. The summed E-state index contributed by atoms with van der Waals surface area (Å²) in [4.78, 5) is 25.1. The van der Waals surface area contributed by atoms with Crippen molar-refractivity contribution >= 4 is 11.8 Å². The van der Waals surface area contributed by atoms with Gasteiger partial charge in [-0.25, -0.2) is 0 Å². The molecule has 0 bridgehead atoms. The molecule has 0 aromatic carbocycles. The molecule has 0 aliphatic carbocycles. The number of unbranched alkanes of at least 4 members (excludes halogenated alkanes) is 1. The van der Waals surface area contributed by atoms with Gasteiger partial charge in [0.25, 0.3) is 0 Å². The number of aliphatic hydroxyl groups excluding tert-OH is 1. The Balaban J connectivity index is 2.37. The SMILES string of the molecule is CNC(=O)C1CCCN(C(=O)CCCCO)C1. The second kappa shape index (κ2) is 7.27. The molecule has 5 heteroatoms. The van der Waals surface area contributed by atoms with E-state index >= 15 is 0 Å². The summed E-state index contributed by atoms with van der Waals surface area (Å²) in [5.41, 5.74) is 0. The van der Waals surface area contributed by atoms with E-state index in [1.807, 2.05) is 0 Å². The Kier molecular flexibility index (Phi) is 5.97. The van der Waals surface area contributed by atoms with E-state index in [1.165, 1.54) is 0 Å². The van der Waals surface area contributed by atoms with Crippen molar-refractivity contribution in [3.05, 3.63) is 0 Å². The number of carbonyl (C=O) groups is 2. The van der Waals surface area contributed by atoms with Crippen LogP contribution in [-0.4, -0.2) is 48.6 Å². The third-order valence-corrected chi connectivity index (χ3v) is 3.19. The topological polar surface area (TPSA) is 69.6 Å². The number of nitrogens with one attached hydrogen (secondary N) is 1. The number of likely N-dealkylation sites (tertiary alicyclic amines) is 1. The number of aliphatic hydroxyl groups is 1. The summed E-state index contributed by atoms with van der Waals surface area (Å²) < 4.78 is 0. The van der Waals surface area contributed by atoms with E-state index in [0.29, 0.717) is 19.4 Å². The molecule has 0 saturated carbocycles. The van der Waals surface area contributed by atoms with Crippen LogP contribution in [0, 0.1) is 5.92 Å². The molecule has 1 fully saturated rings. The number of carbonyl (C=O) groups excluding carboxylic acids is 2. The van der Waals surface area contributed by atoms with Crippen molar-refractivity contribution in [2.45, 2.75) is 32.1 Å². The van der Waals surface area contributed by atoms with Crippen molar-refractivity contribution in [3.8, 4) is 0 Å². The monoisotopic (exact) mass is 242 g/mol. The normalized spacial score (nSPS) is 20.1. The minimum Gasteiger partial charge on any atom is -0.396 e. The zero-order chi connectivity index (χ0) is 12.7. The average Bonchev–Trinajstić information content (AvgIpc) is 2.38. The largest absolute Gasteiger partial charge is 0.396 e. The Hall–Kier alpha value is -1.10. The predicted molar refractivity (Wildman–Crippen MR) is 64.3 cm³/mol. The van der Waals surface area contributed by atoms with Crippen LogP contribution < -0.4 is 5.32 Å². The molecule has 0 aromatic heterocycles. The molecule has 0 spiro atoms. The van der Waals surface area contributed by atoms with Gasteiger partial charge in [0.1, 0.15) is 0 Å². The third kappa shape index (κ3) is 4.34. The zero-order valence-corrected chi connectivity index (χ0v) is 10.4. The summed E-state index contributed by atoms with van der Waals surface area (Å²) in [6, 6.07) is 0. The quantitative estimate of drug-likeness (QED) is 0.673. The number of hydrogen-bond donors (Lipinski definition) is 2. The van der Waals surface area contributed by atoms with E-state index in [-0.39, 0.29) is 24.3 Å². The summed E-state index contributed by atoms with van der Waals surface area (Å²) in [6.07, 6.45) is 3.61. The molecule has 1 saturated heterocycles. The van der Waals surface area contributed by atoms with Crippen molar-refractivity contribution in [1.29, 1.82) is 0 Å². The summed E-state index contributed by atoms with van der Waals surface area (Å²) in [5.74, 6) is 0.0699. The van der Waals surface area contributed by atoms with E-state index in [4.69, 9.17) is 5.11 Å². The molecule has 1 heterocycles. The van der Waals surface area contributed by atoms with Crippen molar-refractivity contribution in [1.82, 2.24) is 10.2 Å². The lowest BCUT2D eigenvalue weighted by atomic mass is 9.97. The van der Waals surface area contributed by atoms with E-state index in [2.05, 4.69) is 5.32 Å². The second-order valence-electron chi connectivity index (χ2n) is 4.47. The first-order chi connectivity index (χ1) is 8.19. The Labute approximate surface area is 102 Å². The molecule has 0 radical (unpaired) electrons. The van der Waals surface area contributed by atoms with Crippen molar-refractivity contribution in [2.75, 3.05) is 26.7 Å². The summed E-state index contributed by atoms with van der Waals surface area (Å²) >= 11 is 0. The summed E-state index contributed by atoms with van der Waals surface area (Å²) in [5, 5.41) is 11.3. The Morgan fingerprint density at radius 3 is 2.82 bits per heavy atom. The second-order valence-corrected chi connectivity index (χ2v) is 4.47. The van der Waals surface area contributed by atoms with Gasteiger partial charge in [-0.15, -0.1) is 0 Å². The van der Waals surface area contributed by atoms with Crippen LogP contribution in [0.4, 0.5) is 0 Å². The average molecular weight is 242 g/mol. The molecule has 1 unspecified atom stereocenters. The molecule has 1 atom stereocenters. The fourth-order valence-corrected chi connectivity index (χ4v) is 2.17. The van der Waals surface area contributed by atoms with Crippen LogP contribution in [-0.2, 0) is 9.59 Å². The molecule has 17 heavy (non-hydrogen) atoms. The maximum absolute atomic E-state index is 11.8. The molecule has 1 rings (SSSR count). The van der Waals surface area contributed by atoms with Crippen LogP contribution in [0.3, 0.4) is 0 Å². The predicted octanol–water partition coefficient (Wildman–Crippen LogP) is 0.134. The standard InChI is InChI=1S/C12H22N2O3/c1-13-12(17)10-5-4-7-14(9-10)11(16)6-2-3-8-15/h10,15H,2-9H2,1H3,(H,13,17). The molecule has 5 nitrogen and oxygen atoms in total. The van der Waals surface area contributed by atoms with Crippen LogP contribution >= 0.6 is 0 Å². The van der Waals surface area contributed by atoms with Crippen LogP contribution in [0.2, 0.25) is 0 Å². The lowest BCUT2D eigenvalue weighted by molar-refractivity contribution is -0.135. The van der Waals surface area contributed by atoms with Gasteiger partial charge in [0, 0.05) is 33.2 Å². The Bertz CT molecular complexity index is 268.